The third kappa shape index (κ3) is 4.30. The SMILES string of the molecule is CCC1(C(=O)O)CCN(C(=O)NCCC(C)SC)CC1. The number of amides is 2. The van der Waals surface area contributed by atoms with E-state index in [9.17, 15) is 14.7 Å². The lowest BCUT2D eigenvalue weighted by atomic mass is 9.76. The molecule has 1 atom stereocenters. The van der Waals surface area contributed by atoms with Crippen LogP contribution in [0, 0.1) is 5.41 Å². The number of aliphatic carboxylic acids is 1. The summed E-state index contributed by atoms with van der Waals surface area (Å²) in [6.45, 7) is 5.79. The Morgan fingerprint density at radius 2 is 2.00 bits per heavy atom. The molecule has 1 saturated heterocycles. The fraction of sp³-hybridized carbons (Fsp3) is 0.857. The normalized spacial score (nSPS) is 19.4. The zero-order valence-corrected chi connectivity index (χ0v) is 13.5. The number of thioether (sulfide) groups is 1. The fourth-order valence-electron chi connectivity index (χ4n) is 2.47. The summed E-state index contributed by atoms with van der Waals surface area (Å²) in [4.78, 5) is 25.1. The number of likely N-dealkylation sites (tertiary alicyclic amines) is 1. The van der Waals surface area contributed by atoms with Crippen molar-refractivity contribution in [3.8, 4) is 0 Å². The molecule has 1 aliphatic rings. The predicted molar refractivity (Wildman–Crippen MR) is 82.2 cm³/mol. The van der Waals surface area contributed by atoms with Gasteiger partial charge in [0.15, 0.2) is 0 Å². The maximum Gasteiger partial charge on any atom is 0.317 e. The van der Waals surface area contributed by atoms with Crippen molar-refractivity contribution in [3.05, 3.63) is 0 Å². The quantitative estimate of drug-likeness (QED) is 0.790. The fourth-order valence-corrected chi connectivity index (χ4v) is 2.82. The summed E-state index contributed by atoms with van der Waals surface area (Å²) in [5, 5.41) is 12.8. The van der Waals surface area contributed by atoms with Gasteiger partial charge >= 0.3 is 12.0 Å². The number of carbonyl (C=O) groups excluding carboxylic acids is 1. The summed E-state index contributed by atoms with van der Waals surface area (Å²) < 4.78 is 0. The highest BCUT2D eigenvalue weighted by Crippen LogP contribution is 2.35. The second-order valence-electron chi connectivity index (χ2n) is 5.49. The van der Waals surface area contributed by atoms with Gasteiger partial charge in [-0.25, -0.2) is 4.79 Å². The Hall–Kier alpha value is -0.910. The summed E-state index contributed by atoms with van der Waals surface area (Å²) in [5.41, 5.74) is -0.635. The zero-order valence-electron chi connectivity index (χ0n) is 12.6. The summed E-state index contributed by atoms with van der Waals surface area (Å²) in [5.74, 6) is -0.728. The molecule has 0 aromatic carbocycles. The van der Waals surface area contributed by atoms with Gasteiger partial charge in [-0.2, -0.15) is 11.8 Å². The molecule has 0 aromatic rings. The van der Waals surface area contributed by atoms with E-state index in [1.165, 1.54) is 0 Å². The third-order valence-electron chi connectivity index (χ3n) is 4.37. The first-order chi connectivity index (χ1) is 9.45. The van der Waals surface area contributed by atoms with Crippen LogP contribution in [0.3, 0.4) is 0 Å². The average Bonchev–Trinajstić information content (AvgIpc) is 2.46. The Kier molecular flexibility index (Phi) is 6.65. The zero-order chi connectivity index (χ0) is 15.2. The molecule has 2 amide bonds. The summed E-state index contributed by atoms with van der Waals surface area (Å²) >= 11 is 1.79. The standard InChI is InChI=1S/C14H26N2O3S/c1-4-14(12(17)18)6-9-16(10-7-14)13(19)15-8-5-11(2)20-3/h11H,4-10H2,1-3H3,(H,15,19)(H,17,18). The number of hydrogen-bond donors (Lipinski definition) is 2. The molecule has 0 spiro atoms. The van der Waals surface area contributed by atoms with Gasteiger partial charge in [0.25, 0.3) is 0 Å². The first-order valence-electron chi connectivity index (χ1n) is 7.24. The molecule has 1 fully saturated rings. The van der Waals surface area contributed by atoms with Crippen LogP contribution in [0.4, 0.5) is 4.79 Å². The Morgan fingerprint density at radius 3 is 2.45 bits per heavy atom. The molecule has 1 heterocycles. The minimum atomic E-state index is -0.728. The monoisotopic (exact) mass is 302 g/mol. The van der Waals surface area contributed by atoms with Gasteiger partial charge in [-0.1, -0.05) is 13.8 Å². The molecule has 1 aliphatic heterocycles. The van der Waals surface area contributed by atoms with Crippen LogP contribution in [0.1, 0.15) is 39.5 Å². The molecule has 0 aromatic heterocycles. The Bertz CT molecular complexity index is 341. The lowest BCUT2D eigenvalue weighted by molar-refractivity contribution is -0.151. The molecule has 0 aliphatic carbocycles. The molecule has 6 heteroatoms. The van der Waals surface area contributed by atoms with Gasteiger partial charge in [0.05, 0.1) is 5.41 Å². The highest BCUT2D eigenvalue weighted by molar-refractivity contribution is 7.99. The number of piperidine rings is 1. The van der Waals surface area contributed by atoms with E-state index >= 15 is 0 Å². The van der Waals surface area contributed by atoms with Crippen LogP contribution in [0.25, 0.3) is 0 Å². The molecular weight excluding hydrogens is 276 g/mol. The first-order valence-corrected chi connectivity index (χ1v) is 8.53. The Labute approximate surface area is 125 Å². The number of carboxylic acids is 1. The van der Waals surface area contributed by atoms with Gasteiger partial charge in [0.2, 0.25) is 0 Å². The summed E-state index contributed by atoms with van der Waals surface area (Å²) in [6, 6.07) is -0.0617. The van der Waals surface area contributed by atoms with E-state index in [0.29, 0.717) is 44.1 Å². The number of hydrogen-bond acceptors (Lipinski definition) is 3. The number of nitrogens with zero attached hydrogens (tertiary/aromatic N) is 1. The highest BCUT2D eigenvalue weighted by Gasteiger charge is 2.40. The van der Waals surface area contributed by atoms with Crippen molar-refractivity contribution < 1.29 is 14.7 Å². The molecule has 0 radical (unpaired) electrons. The van der Waals surface area contributed by atoms with Crippen molar-refractivity contribution in [3.63, 3.8) is 0 Å². The third-order valence-corrected chi connectivity index (χ3v) is 5.41. The van der Waals surface area contributed by atoms with Gasteiger partial charge in [0.1, 0.15) is 0 Å². The van der Waals surface area contributed by atoms with Crippen LogP contribution >= 0.6 is 11.8 Å². The van der Waals surface area contributed by atoms with Crippen molar-refractivity contribution in [2.45, 2.75) is 44.8 Å². The van der Waals surface area contributed by atoms with Crippen LogP contribution < -0.4 is 5.32 Å². The largest absolute Gasteiger partial charge is 0.481 e. The molecule has 0 saturated carbocycles. The van der Waals surface area contributed by atoms with Crippen molar-refractivity contribution in [2.24, 2.45) is 5.41 Å². The van der Waals surface area contributed by atoms with E-state index < -0.39 is 11.4 Å². The Morgan fingerprint density at radius 1 is 1.40 bits per heavy atom. The van der Waals surface area contributed by atoms with E-state index in [-0.39, 0.29) is 6.03 Å². The average molecular weight is 302 g/mol. The lowest BCUT2D eigenvalue weighted by Crippen LogP contribution is -2.49. The van der Waals surface area contributed by atoms with Crippen molar-refractivity contribution in [2.75, 3.05) is 25.9 Å². The summed E-state index contributed by atoms with van der Waals surface area (Å²) in [7, 11) is 0. The highest BCUT2D eigenvalue weighted by atomic mass is 32.2. The summed E-state index contributed by atoms with van der Waals surface area (Å²) in [6.07, 6.45) is 4.74. The molecule has 5 nitrogen and oxygen atoms in total. The van der Waals surface area contributed by atoms with Crippen molar-refractivity contribution in [1.29, 1.82) is 0 Å². The number of carboxylic acid groups (broad SMARTS) is 1. The number of urea groups is 1. The molecule has 1 unspecified atom stereocenters. The van der Waals surface area contributed by atoms with Gasteiger partial charge < -0.3 is 15.3 Å². The van der Waals surface area contributed by atoms with Crippen LogP contribution in [0.5, 0.6) is 0 Å². The number of carbonyl (C=O) groups is 2. The molecular formula is C14H26N2O3S. The number of nitrogens with one attached hydrogen (secondary N) is 1. The van der Waals surface area contributed by atoms with Crippen LogP contribution in [0.2, 0.25) is 0 Å². The maximum atomic E-state index is 12.0. The second-order valence-corrected chi connectivity index (χ2v) is 6.77. The lowest BCUT2D eigenvalue weighted by Gasteiger charge is -2.38. The number of rotatable bonds is 6. The first kappa shape index (κ1) is 17.1. The van der Waals surface area contributed by atoms with E-state index in [1.54, 1.807) is 16.7 Å². The second kappa shape index (κ2) is 7.76. The van der Waals surface area contributed by atoms with Gasteiger partial charge in [-0.15, -0.1) is 0 Å². The van der Waals surface area contributed by atoms with E-state index in [4.69, 9.17) is 0 Å². The smallest absolute Gasteiger partial charge is 0.317 e. The van der Waals surface area contributed by atoms with Crippen molar-refractivity contribution >= 4 is 23.8 Å². The van der Waals surface area contributed by atoms with E-state index in [2.05, 4.69) is 18.5 Å². The molecule has 0 bridgehead atoms. The van der Waals surface area contributed by atoms with Gasteiger partial charge in [0, 0.05) is 24.9 Å². The Balaban J connectivity index is 2.37. The topological polar surface area (TPSA) is 69.6 Å². The van der Waals surface area contributed by atoms with E-state index in [0.717, 1.165) is 6.42 Å². The molecule has 116 valence electrons. The minimum Gasteiger partial charge on any atom is -0.481 e. The molecule has 2 N–H and O–H groups in total. The maximum absolute atomic E-state index is 12.0. The van der Waals surface area contributed by atoms with E-state index in [1.807, 2.05) is 6.92 Å². The van der Waals surface area contributed by atoms with Gasteiger partial charge in [-0.3, -0.25) is 4.79 Å². The molecule has 20 heavy (non-hydrogen) atoms. The van der Waals surface area contributed by atoms with Crippen molar-refractivity contribution in [1.82, 2.24) is 10.2 Å². The molecule has 1 rings (SSSR count). The van der Waals surface area contributed by atoms with Crippen LogP contribution in [-0.2, 0) is 4.79 Å². The van der Waals surface area contributed by atoms with Crippen LogP contribution in [0.15, 0.2) is 0 Å². The van der Waals surface area contributed by atoms with Crippen LogP contribution in [-0.4, -0.2) is 53.1 Å². The minimum absolute atomic E-state index is 0.0617. The van der Waals surface area contributed by atoms with Gasteiger partial charge in [-0.05, 0) is 31.9 Å². The predicted octanol–water partition coefficient (Wildman–Crippen LogP) is 2.41.